The van der Waals surface area contributed by atoms with E-state index in [1.54, 1.807) is 30.6 Å². The second-order valence-corrected chi connectivity index (χ2v) is 4.72. The van der Waals surface area contributed by atoms with Gasteiger partial charge in [0, 0.05) is 24.5 Å². The molecule has 0 aliphatic carbocycles. The van der Waals surface area contributed by atoms with Crippen molar-refractivity contribution in [1.29, 1.82) is 0 Å². The van der Waals surface area contributed by atoms with Gasteiger partial charge in [-0.2, -0.15) is 5.10 Å². The van der Waals surface area contributed by atoms with Gasteiger partial charge in [0.2, 0.25) is 0 Å². The van der Waals surface area contributed by atoms with Gasteiger partial charge in [0.25, 0.3) is 5.91 Å². The molecule has 0 aliphatic heterocycles. The highest BCUT2D eigenvalue weighted by Crippen LogP contribution is 2.17. The molecule has 2 heterocycles. The van der Waals surface area contributed by atoms with Gasteiger partial charge in [-0.25, -0.2) is 4.39 Å². The topological polar surface area (TPSA) is 70.7 Å². The third kappa shape index (κ3) is 3.17. The number of pyridine rings is 1. The molecule has 0 unspecified atom stereocenters. The lowest BCUT2D eigenvalue weighted by Gasteiger charge is -2.02. The van der Waals surface area contributed by atoms with Crippen molar-refractivity contribution in [1.82, 2.24) is 20.5 Å². The number of nitrogens with one attached hydrogen (secondary N) is 2. The van der Waals surface area contributed by atoms with Gasteiger partial charge < -0.3 is 5.32 Å². The molecule has 0 aliphatic rings. The first-order valence-corrected chi connectivity index (χ1v) is 6.71. The van der Waals surface area contributed by atoms with E-state index < -0.39 is 0 Å². The summed E-state index contributed by atoms with van der Waals surface area (Å²) in [6.45, 7) is 0.386. The van der Waals surface area contributed by atoms with Gasteiger partial charge in [0.05, 0.1) is 5.69 Å². The molecule has 0 radical (unpaired) electrons. The van der Waals surface area contributed by atoms with Crippen LogP contribution < -0.4 is 5.32 Å². The Labute approximate surface area is 126 Å². The normalized spacial score (nSPS) is 10.4. The lowest BCUT2D eigenvalue weighted by molar-refractivity contribution is 0.0946. The first-order valence-electron chi connectivity index (χ1n) is 6.71. The van der Waals surface area contributed by atoms with E-state index in [1.807, 2.05) is 12.1 Å². The molecule has 0 fully saturated rings. The zero-order valence-electron chi connectivity index (χ0n) is 11.6. The minimum Gasteiger partial charge on any atom is -0.347 e. The minimum atomic E-state index is -0.311. The molecule has 5 nitrogen and oxygen atoms in total. The molecule has 0 saturated heterocycles. The number of hydrogen-bond donors (Lipinski definition) is 2. The van der Waals surface area contributed by atoms with E-state index in [0.29, 0.717) is 17.9 Å². The molecular formula is C16H13FN4O. The monoisotopic (exact) mass is 296 g/mol. The van der Waals surface area contributed by atoms with Crippen LogP contribution in [0.25, 0.3) is 11.3 Å². The molecule has 0 saturated carbocycles. The first kappa shape index (κ1) is 13.9. The molecule has 0 bridgehead atoms. The number of aromatic nitrogens is 3. The SMILES string of the molecule is O=C(NCc1cccnc1)c1cc(-c2ccc(F)cc2)n[nH]1. The van der Waals surface area contributed by atoms with E-state index in [0.717, 1.165) is 11.1 Å². The predicted octanol–water partition coefficient (Wildman–Crippen LogP) is 2.54. The zero-order valence-corrected chi connectivity index (χ0v) is 11.6. The van der Waals surface area contributed by atoms with Crippen molar-refractivity contribution < 1.29 is 9.18 Å². The largest absolute Gasteiger partial charge is 0.347 e. The predicted molar refractivity (Wildman–Crippen MR) is 79.4 cm³/mol. The zero-order chi connectivity index (χ0) is 15.4. The van der Waals surface area contributed by atoms with Crippen LogP contribution in [0.2, 0.25) is 0 Å². The van der Waals surface area contributed by atoms with E-state index in [1.165, 1.54) is 12.1 Å². The van der Waals surface area contributed by atoms with Gasteiger partial charge >= 0.3 is 0 Å². The van der Waals surface area contributed by atoms with Crippen molar-refractivity contribution >= 4 is 5.91 Å². The second-order valence-electron chi connectivity index (χ2n) is 4.72. The average molecular weight is 296 g/mol. The van der Waals surface area contributed by atoms with E-state index in [4.69, 9.17) is 0 Å². The first-order chi connectivity index (χ1) is 10.7. The van der Waals surface area contributed by atoms with Crippen LogP contribution in [0.1, 0.15) is 16.1 Å². The van der Waals surface area contributed by atoms with Gasteiger partial charge in [0.15, 0.2) is 0 Å². The summed E-state index contributed by atoms with van der Waals surface area (Å²) in [5.41, 5.74) is 2.59. The Morgan fingerprint density at radius 3 is 2.77 bits per heavy atom. The van der Waals surface area contributed by atoms with Crippen molar-refractivity contribution in [2.75, 3.05) is 0 Å². The Hall–Kier alpha value is -3.02. The number of hydrogen-bond acceptors (Lipinski definition) is 3. The molecule has 2 N–H and O–H groups in total. The van der Waals surface area contributed by atoms with Crippen LogP contribution in [-0.4, -0.2) is 21.1 Å². The summed E-state index contributed by atoms with van der Waals surface area (Å²) in [7, 11) is 0. The van der Waals surface area contributed by atoms with Crippen molar-refractivity contribution in [3.8, 4) is 11.3 Å². The summed E-state index contributed by atoms with van der Waals surface area (Å²) < 4.78 is 12.9. The standard InChI is InChI=1S/C16H13FN4O/c17-13-5-3-12(4-6-13)14-8-15(21-20-14)16(22)19-10-11-2-1-7-18-9-11/h1-9H,10H2,(H,19,22)(H,20,21). The van der Waals surface area contributed by atoms with Gasteiger partial charge in [-0.15, -0.1) is 0 Å². The van der Waals surface area contributed by atoms with Crippen LogP contribution >= 0.6 is 0 Å². The highest BCUT2D eigenvalue weighted by Gasteiger charge is 2.10. The fourth-order valence-electron chi connectivity index (χ4n) is 1.99. The number of carbonyl (C=O) groups excluding carboxylic acids is 1. The van der Waals surface area contributed by atoms with Crippen molar-refractivity contribution in [2.24, 2.45) is 0 Å². The smallest absolute Gasteiger partial charge is 0.269 e. The molecular weight excluding hydrogens is 283 g/mol. The van der Waals surface area contributed by atoms with E-state index in [-0.39, 0.29) is 11.7 Å². The van der Waals surface area contributed by atoms with Gasteiger partial charge in [-0.1, -0.05) is 6.07 Å². The minimum absolute atomic E-state index is 0.260. The third-order valence-corrected chi connectivity index (χ3v) is 3.14. The quantitative estimate of drug-likeness (QED) is 0.777. The molecule has 0 atom stereocenters. The maximum atomic E-state index is 12.9. The summed E-state index contributed by atoms with van der Waals surface area (Å²) in [5.74, 6) is -0.571. The van der Waals surface area contributed by atoms with Crippen LogP contribution in [0.4, 0.5) is 4.39 Å². The summed E-state index contributed by atoms with van der Waals surface area (Å²) >= 11 is 0. The van der Waals surface area contributed by atoms with E-state index >= 15 is 0 Å². The summed E-state index contributed by atoms with van der Waals surface area (Å²) in [4.78, 5) is 16.0. The highest BCUT2D eigenvalue weighted by atomic mass is 19.1. The number of aromatic amines is 1. The number of benzene rings is 1. The third-order valence-electron chi connectivity index (χ3n) is 3.14. The van der Waals surface area contributed by atoms with Gasteiger partial charge in [0.1, 0.15) is 11.5 Å². The Morgan fingerprint density at radius 1 is 1.23 bits per heavy atom. The average Bonchev–Trinajstić information content (AvgIpc) is 3.04. The summed E-state index contributed by atoms with van der Waals surface area (Å²) in [6.07, 6.45) is 3.37. The van der Waals surface area contributed by atoms with Crippen LogP contribution in [0.15, 0.2) is 54.9 Å². The molecule has 6 heteroatoms. The highest BCUT2D eigenvalue weighted by molar-refractivity contribution is 5.93. The number of rotatable bonds is 4. The molecule has 110 valence electrons. The van der Waals surface area contributed by atoms with Crippen LogP contribution in [-0.2, 0) is 6.54 Å². The van der Waals surface area contributed by atoms with Crippen LogP contribution in [0, 0.1) is 5.82 Å². The fourth-order valence-corrected chi connectivity index (χ4v) is 1.99. The Bertz CT molecular complexity index is 768. The van der Waals surface area contributed by atoms with Gasteiger partial charge in [-0.3, -0.25) is 14.9 Å². The molecule has 3 aromatic rings. The van der Waals surface area contributed by atoms with Crippen molar-refractivity contribution in [3.05, 3.63) is 71.9 Å². The maximum Gasteiger partial charge on any atom is 0.269 e. The number of nitrogens with zero attached hydrogens (tertiary/aromatic N) is 2. The fraction of sp³-hybridized carbons (Fsp3) is 0.0625. The Kier molecular flexibility index (Phi) is 3.91. The van der Waals surface area contributed by atoms with Gasteiger partial charge in [-0.05, 0) is 42.0 Å². The molecule has 22 heavy (non-hydrogen) atoms. The molecule has 0 spiro atoms. The lowest BCUT2D eigenvalue weighted by Crippen LogP contribution is -2.23. The maximum absolute atomic E-state index is 12.9. The number of halogens is 1. The molecule has 3 rings (SSSR count). The molecule has 1 amide bonds. The van der Waals surface area contributed by atoms with Crippen molar-refractivity contribution in [3.63, 3.8) is 0 Å². The number of amides is 1. The number of carbonyl (C=O) groups is 1. The number of H-pyrrole nitrogens is 1. The Morgan fingerprint density at radius 2 is 2.05 bits per heavy atom. The Balaban J connectivity index is 1.68. The summed E-state index contributed by atoms with van der Waals surface area (Å²) in [5, 5.41) is 9.53. The van der Waals surface area contributed by atoms with Crippen LogP contribution in [0.5, 0.6) is 0 Å². The summed E-state index contributed by atoms with van der Waals surface area (Å²) in [6, 6.07) is 11.3. The van der Waals surface area contributed by atoms with E-state index in [2.05, 4.69) is 20.5 Å². The lowest BCUT2D eigenvalue weighted by atomic mass is 10.1. The molecule has 2 aromatic heterocycles. The second kappa shape index (κ2) is 6.17. The van der Waals surface area contributed by atoms with Crippen LogP contribution in [0.3, 0.4) is 0 Å². The van der Waals surface area contributed by atoms with Crippen molar-refractivity contribution in [2.45, 2.75) is 6.54 Å². The van der Waals surface area contributed by atoms with E-state index in [9.17, 15) is 9.18 Å². The molecule has 1 aromatic carbocycles.